The maximum Gasteiger partial charge on any atom is 0.469 e. The second-order valence-corrected chi connectivity index (χ2v) is 5.85. The van der Waals surface area contributed by atoms with E-state index in [1.54, 1.807) is 4.98 Å². The van der Waals surface area contributed by atoms with Crippen LogP contribution in [0.3, 0.4) is 0 Å². The molecule has 0 amide bonds. The van der Waals surface area contributed by atoms with Gasteiger partial charge in [-0.3, -0.25) is 18.9 Å². The molecule has 126 valence electrons. The molecule has 13 heteroatoms. The van der Waals surface area contributed by atoms with Crippen LogP contribution in [0.1, 0.15) is 11.8 Å². The van der Waals surface area contributed by atoms with Crippen LogP contribution in [0.5, 0.6) is 0 Å². The van der Waals surface area contributed by atoms with Crippen molar-refractivity contribution in [2.24, 2.45) is 0 Å². The number of nitrogens with one attached hydrogen (secondary N) is 1. The topological polar surface area (TPSA) is 175 Å². The molecule has 1 aromatic rings. The van der Waals surface area contributed by atoms with Crippen molar-refractivity contribution in [2.45, 2.75) is 24.6 Å². The fraction of sp³-hybridized carbons (Fsp3) is 0.500. The number of phosphoric ester groups is 1. The van der Waals surface area contributed by atoms with E-state index in [9.17, 15) is 23.7 Å². The van der Waals surface area contributed by atoms with Gasteiger partial charge in [-0.15, -0.1) is 0 Å². The Morgan fingerprint density at radius 1 is 1.52 bits per heavy atom. The highest BCUT2D eigenvalue weighted by molar-refractivity contribution is 7.46. The van der Waals surface area contributed by atoms with Crippen LogP contribution in [0, 0.1) is 11.3 Å². The van der Waals surface area contributed by atoms with E-state index in [1.165, 1.54) is 6.07 Å². The second kappa shape index (κ2) is 6.32. The molecule has 1 aliphatic heterocycles. The number of hydrogen-bond donors (Lipinski definition) is 4. The fourth-order valence-corrected chi connectivity index (χ4v) is 2.33. The molecule has 1 fully saturated rings. The first kappa shape index (κ1) is 17.5. The zero-order chi connectivity index (χ0) is 17.4. The SMILES string of the molecule is N#Cc1cn([C@@H]2O[C@H](COP(=O)(O)O)[C@@H](O)[C@H]2F)c(=O)[nH]c1=O. The van der Waals surface area contributed by atoms with Crippen LogP contribution < -0.4 is 11.2 Å². The van der Waals surface area contributed by atoms with Gasteiger partial charge in [0.25, 0.3) is 5.56 Å². The van der Waals surface area contributed by atoms with Crippen LogP contribution in [0.15, 0.2) is 15.8 Å². The molecule has 0 saturated carbocycles. The molecular formula is C10H11FN3O8P. The van der Waals surface area contributed by atoms with Gasteiger partial charge < -0.3 is 19.6 Å². The second-order valence-electron chi connectivity index (χ2n) is 4.61. The maximum absolute atomic E-state index is 14.1. The molecule has 0 bridgehead atoms. The average Bonchev–Trinajstić information content (AvgIpc) is 2.73. The number of aliphatic hydroxyl groups is 1. The van der Waals surface area contributed by atoms with Crippen molar-refractivity contribution in [2.75, 3.05) is 6.61 Å². The number of halogens is 1. The van der Waals surface area contributed by atoms with Gasteiger partial charge in [0.15, 0.2) is 12.4 Å². The van der Waals surface area contributed by atoms with Gasteiger partial charge in [-0.1, -0.05) is 0 Å². The quantitative estimate of drug-likeness (QED) is 0.452. The zero-order valence-electron chi connectivity index (χ0n) is 11.2. The molecule has 0 aromatic carbocycles. The van der Waals surface area contributed by atoms with Crippen molar-refractivity contribution in [3.05, 3.63) is 32.6 Å². The molecule has 0 radical (unpaired) electrons. The van der Waals surface area contributed by atoms with Crippen molar-refractivity contribution in [3.63, 3.8) is 0 Å². The molecule has 2 heterocycles. The lowest BCUT2D eigenvalue weighted by molar-refractivity contribution is -0.0483. The summed E-state index contributed by atoms with van der Waals surface area (Å²) >= 11 is 0. The monoisotopic (exact) mass is 351 g/mol. The van der Waals surface area contributed by atoms with Gasteiger partial charge in [-0.05, 0) is 0 Å². The first-order valence-corrected chi connectivity index (χ1v) is 7.60. The van der Waals surface area contributed by atoms with Crippen molar-refractivity contribution in [1.29, 1.82) is 5.26 Å². The highest BCUT2D eigenvalue weighted by atomic mass is 31.2. The van der Waals surface area contributed by atoms with E-state index < -0.39 is 55.8 Å². The van der Waals surface area contributed by atoms with Crippen LogP contribution in [-0.4, -0.2) is 49.4 Å². The van der Waals surface area contributed by atoms with Crippen LogP contribution >= 0.6 is 7.82 Å². The highest BCUT2D eigenvalue weighted by Gasteiger charge is 2.46. The Balaban J connectivity index is 2.28. The van der Waals surface area contributed by atoms with Gasteiger partial charge >= 0.3 is 13.5 Å². The van der Waals surface area contributed by atoms with E-state index in [0.29, 0.717) is 4.57 Å². The average molecular weight is 351 g/mol. The number of aromatic nitrogens is 2. The number of H-pyrrole nitrogens is 1. The summed E-state index contributed by atoms with van der Waals surface area (Å²) in [6.45, 7) is -0.828. The molecular weight excluding hydrogens is 340 g/mol. The molecule has 1 aliphatic rings. The Labute approximate surface area is 126 Å². The molecule has 4 N–H and O–H groups in total. The molecule has 11 nitrogen and oxygen atoms in total. The maximum atomic E-state index is 14.1. The number of ether oxygens (including phenoxy) is 1. The lowest BCUT2D eigenvalue weighted by Crippen LogP contribution is -2.37. The van der Waals surface area contributed by atoms with Gasteiger partial charge in [-0.2, -0.15) is 5.26 Å². The Hall–Kier alpha value is -1.87. The summed E-state index contributed by atoms with van der Waals surface area (Å²) in [5.41, 5.74) is -2.53. The first-order chi connectivity index (χ1) is 10.6. The summed E-state index contributed by atoms with van der Waals surface area (Å²) < 4.78 is 34.4. The molecule has 1 saturated heterocycles. The predicted octanol–water partition coefficient (Wildman–Crippen LogP) is -1.89. The van der Waals surface area contributed by atoms with Gasteiger partial charge in [-0.25, -0.2) is 13.8 Å². The lowest BCUT2D eigenvalue weighted by Gasteiger charge is -2.16. The van der Waals surface area contributed by atoms with Gasteiger partial charge in [0, 0.05) is 6.20 Å². The van der Waals surface area contributed by atoms with Crippen molar-refractivity contribution >= 4 is 7.82 Å². The summed E-state index contributed by atoms with van der Waals surface area (Å²) in [5.74, 6) is 0. The van der Waals surface area contributed by atoms with Gasteiger partial charge in [0.2, 0.25) is 0 Å². The minimum absolute atomic E-state index is 0.482. The number of aromatic amines is 1. The minimum atomic E-state index is -4.86. The predicted molar refractivity (Wildman–Crippen MR) is 68.8 cm³/mol. The van der Waals surface area contributed by atoms with Gasteiger partial charge in [0.1, 0.15) is 23.8 Å². The Morgan fingerprint density at radius 2 is 2.17 bits per heavy atom. The van der Waals surface area contributed by atoms with E-state index in [-0.39, 0.29) is 0 Å². The summed E-state index contributed by atoms with van der Waals surface area (Å²) in [6, 6.07) is 1.50. The number of hydrogen-bond acceptors (Lipinski definition) is 7. The zero-order valence-corrected chi connectivity index (χ0v) is 12.1. The van der Waals surface area contributed by atoms with Crippen LogP contribution in [-0.2, 0) is 13.8 Å². The largest absolute Gasteiger partial charge is 0.469 e. The number of aliphatic hydroxyl groups excluding tert-OH is 1. The Morgan fingerprint density at radius 3 is 2.74 bits per heavy atom. The van der Waals surface area contributed by atoms with E-state index in [2.05, 4.69) is 4.52 Å². The molecule has 2 rings (SSSR count). The number of rotatable bonds is 4. The third kappa shape index (κ3) is 3.73. The molecule has 0 spiro atoms. The van der Waals surface area contributed by atoms with Crippen molar-refractivity contribution in [1.82, 2.24) is 9.55 Å². The smallest absolute Gasteiger partial charge is 0.387 e. The van der Waals surface area contributed by atoms with Gasteiger partial charge in [0.05, 0.1) is 6.61 Å². The van der Waals surface area contributed by atoms with Crippen LogP contribution in [0.2, 0.25) is 0 Å². The molecule has 4 atom stereocenters. The number of nitrogens with zero attached hydrogens (tertiary/aromatic N) is 2. The third-order valence-corrected chi connectivity index (χ3v) is 3.55. The molecule has 0 unspecified atom stereocenters. The highest BCUT2D eigenvalue weighted by Crippen LogP contribution is 2.38. The first-order valence-electron chi connectivity index (χ1n) is 6.07. The van der Waals surface area contributed by atoms with Crippen LogP contribution in [0.25, 0.3) is 0 Å². The van der Waals surface area contributed by atoms with E-state index in [0.717, 1.165) is 6.20 Å². The summed E-state index contributed by atoms with van der Waals surface area (Å²) in [7, 11) is -4.86. The molecule has 23 heavy (non-hydrogen) atoms. The Bertz CT molecular complexity index is 795. The third-order valence-electron chi connectivity index (χ3n) is 3.06. The standard InChI is InChI=1S/C10H11FN3O8P/c11-6-7(15)5(3-21-23(18,19)20)22-9(6)14-2-4(1-12)8(16)13-10(14)17/h2,5-7,9,15H,3H2,(H,13,16,17)(H2,18,19,20)/t5-,6-,7-,9-/m1/s1. The Kier molecular flexibility index (Phi) is 4.81. The summed E-state index contributed by atoms with van der Waals surface area (Å²) in [5, 5.41) is 18.4. The number of alkyl halides is 1. The fourth-order valence-electron chi connectivity index (χ4n) is 1.99. The van der Waals surface area contributed by atoms with E-state index in [1.807, 2.05) is 0 Å². The van der Waals surface area contributed by atoms with E-state index >= 15 is 0 Å². The number of nitriles is 1. The van der Waals surface area contributed by atoms with Crippen molar-refractivity contribution in [3.8, 4) is 6.07 Å². The minimum Gasteiger partial charge on any atom is -0.387 e. The molecule has 0 aliphatic carbocycles. The van der Waals surface area contributed by atoms with E-state index in [4.69, 9.17) is 19.8 Å². The van der Waals surface area contributed by atoms with Crippen LogP contribution in [0.4, 0.5) is 4.39 Å². The summed E-state index contributed by atoms with van der Waals surface area (Å²) in [6.07, 6.45) is -6.40. The number of phosphoric acid groups is 1. The van der Waals surface area contributed by atoms with Crippen molar-refractivity contribution < 1.29 is 33.1 Å². The normalized spacial score (nSPS) is 27.8. The summed E-state index contributed by atoms with van der Waals surface area (Å²) in [4.78, 5) is 41.9. The molecule has 1 aromatic heterocycles. The lowest BCUT2D eigenvalue weighted by atomic mass is 10.1.